The third-order valence-electron chi connectivity index (χ3n) is 2.85. The van der Waals surface area contributed by atoms with Gasteiger partial charge in [0.1, 0.15) is 17.6 Å². The molecule has 0 bridgehead atoms. The normalized spacial score (nSPS) is 12.2. The van der Waals surface area contributed by atoms with Crippen LogP contribution in [-0.2, 0) is 11.2 Å². The molecule has 6 heteroatoms. The zero-order chi connectivity index (χ0) is 14.7. The van der Waals surface area contributed by atoms with Crippen molar-refractivity contribution in [1.29, 1.82) is 0 Å². The lowest BCUT2D eigenvalue weighted by Gasteiger charge is -2.13. The van der Waals surface area contributed by atoms with E-state index in [1.807, 2.05) is 0 Å². The topological polar surface area (TPSA) is 50.2 Å². The van der Waals surface area contributed by atoms with Crippen LogP contribution in [0.5, 0.6) is 0 Å². The van der Waals surface area contributed by atoms with Crippen molar-refractivity contribution in [2.24, 2.45) is 0 Å². The molecule has 0 saturated heterocycles. The first-order chi connectivity index (χ1) is 9.49. The molecule has 1 unspecified atom stereocenters. The van der Waals surface area contributed by atoms with E-state index in [2.05, 4.69) is 4.98 Å². The van der Waals surface area contributed by atoms with Crippen LogP contribution in [0.3, 0.4) is 0 Å². The lowest BCUT2D eigenvalue weighted by molar-refractivity contribution is -0.138. The number of carbonyl (C=O) groups is 1. The van der Waals surface area contributed by atoms with Gasteiger partial charge in [0.15, 0.2) is 0 Å². The maximum Gasteiger partial charge on any atom is 0.313 e. The number of pyridine rings is 1. The molecule has 104 valence electrons. The summed E-state index contributed by atoms with van der Waals surface area (Å²) in [5, 5.41) is 9.28. The molecule has 0 fully saturated rings. The van der Waals surface area contributed by atoms with E-state index in [1.165, 1.54) is 18.2 Å². The van der Waals surface area contributed by atoms with Gasteiger partial charge in [0.05, 0.1) is 10.7 Å². The van der Waals surface area contributed by atoms with E-state index in [4.69, 9.17) is 11.6 Å². The molecular weight excluding hydrogens is 288 g/mol. The zero-order valence-electron chi connectivity index (χ0n) is 10.2. The van der Waals surface area contributed by atoms with Crippen molar-refractivity contribution in [2.75, 3.05) is 0 Å². The van der Waals surface area contributed by atoms with Gasteiger partial charge in [-0.3, -0.25) is 9.78 Å². The Morgan fingerprint density at radius 1 is 1.30 bits per heavy atom. The molecular formula is C14H10ClF2NO2. The molecule has 1 atom stereocenters. The number of hydrogen-bond donors (Lipinski definition) is 1. The Kier molecular flexibility index (Phi) is 4.29. The first-order valence-corrected chi connectivity index (χ1v) is 6.14. The van der Waals surface area contributed by atoms with Crippen LogP contribution in [-0.4, -0.2) is 16.1 Å². The summed E-state index contributed by atoms with van der Waals surface area (Å²) in [6.07, 6.45) is 0.977. The fourth-order valence-corrected chi connectivity index (χ4v) is 2.01. The van der Waals surface area contributed by atoms with Gasteiger partial charge in [-0.15, -0.1) is 0 Å². The lowest BCUT2D eigenvalue weighted by Crippen LogP contribution is -2.18. The number of halogens is 3. The summed E-state index contributed by atoms with van der Waals surface area (Å²) in [7, 11) is 0. The molecule has 1 aromatic heterocycles. The molecule has 2 aromatic rings. The first kappa shape index (κ1) is 14.4. The van der Waals surface area contributed by atoms with Crippen molar-refractivity contribution in [3.05, 3.63) is 64.4 Å². The van der Waals surface area contributed by atoms with Crippen LogP contribution in [0.4, 0.5) is 8.78 Å². The van der Waals surface area contributed by atoms with Gasteiger partial charge in [0.2, 0.25) is 0 Å². The van der Waals surface area contributed by atoms with Crippen LogP contribution in [0.1, 0.15) is 17.2 Å². The van der Waals surface area contributed by atoms with Gasteiger partial charge in [-0.2, -0.15) is 0 Å². The summed E-state index contributed by atoms with van der Waals surface area (Å²) in [4.78, 5) is 15.0. The monoisotopic (exact) mass is 297 g/mol. The Morgan fingerprint density at radius 2 is 2.00 bits per heavy atom. The molecule has 0 aliphatic heterocycles. The molecule has 0 spiro atoms. The third-order valence-corrected chi connectivity index (χ3v) is 3.05. The van der Waals surface area contributed by atoms with Crippen molar-refractivity contribution in [2.45, 2.75) is 12.3 Å². The van der Waals surface area contributed by atoms with Gasteiger partial charge >= 0.3 is 5.97 Å². The van der Waals surface area contributed by atoms with E-state index in [0.717, 1.165) is 12.3 Å². The van der Waals surface area contributed by atoms with Gasteiger partial charge in [-0.25, -0.2) is 8.78 Å². The zero-order valence-corrected chi connectivity index (χ0v) is 10.9. The second-order valence-electron chi connectivity index (χ2n) is 4.21. The minimum atomic E-state index is -1.28. The van der Waals surface area contributed by atoms with Gasteiger partial charge in [0.25, 0.3) is 0 Å². The van der Waals surface area contributed by atoms with E-state index < -0.39 is 23.5 Å². The highest BCUT2D eigenvalue weighted by Gasteiger charge is 2.26. The highest BCUT2D eigenvalue weighted by Crippen LogP contribution is 2.25. The SMILES string of the molecule is O=C(O)C(Cc1ccccc1F)c1ncc(Cl)cc1F. The van der Waals surface area contributed by atoms with Crippen LogP contribution in [0.2, 0.25) is 5.02 Å². The highest BCUT2D eigenvalue weighted by molar-refractivity contribution is 6.30. The summed E-state index contributed by atoms with van der Waals surface area (Å²) in [6, 6.07) is 6.75. The quantitative estimate of drug-likeness (QED) is 0.940. The van der Waals surface area contributed by atoms with Crippen molar-refractivity contribution in [3.8, 4) is 0 Å². The maximum absolute atomic E-state index is 13.8. The first-order valence-electron chi connectivity index (χ1n) is 5.76. The third kappa shape index (κ3) is 3.11. The minimum Gasteiger partial charge on any atom is -0.481 e. The second kappa shape index (κ2) is 5.96. The van der Waals surface area contributed by atoms with E-state index in [9.17, 15) is 18.7 Å². The van der Waals surface area contributed by atoms with Crippen LogP contribution in [0.15, 0.2) is 36.5 Å². The molecule has 0 aliphatic rings. The van der Waals surface area contributed by atoms with Gasteiger partial charge in [-0.05, 0) is 24.1 Å². The fourth-order valence-electron chi connectivity index (χ4n) is 1.87. The number of carboxylic acids is 1. The van der Waals surface area contributed by atoms with Crippen molar-refractivity contribution < 1.29 is 18.7 Å². The standard InChI is InChI=1S/C14H10ClF2NO2/c15-9-6-12(17)13(18-7-9)10(14(19)20)5-8-3-1-2-4-11(8)16/h1-4,6-7,10H,5H2,(H,19,20). The summed E-state index contributed by atoms with van der Waals surface area (Å²) >= 11 is 5.58. The average molecular weight is 298 g/mol. The lowest BCUT2D eigenvalue weighted by atomic mass is 9.95. The Morgan fingerprint density at radius 3 is 2.60 bits per heavy atom. The summed E-state index contributed by atoms with van der Waals surface area (Å²) in [5.41, 5.74) is -0.0683. The summed E-state index contributed by atoms with van der Waals surface area (Å²) in [5.74, 6) is -3.90. The Bertz CT molecular complexity index is 649. The Hall–Kier alpha value is -2.01. The van der Waals surface area contributed by atoms with Crippen molar-refractivity contribution in [1.82, 2.24) is 4.98 Å². The molecule has 0 saturated carbocycles. The van der Waals surface area contributed by atoms with Gasteiger partial charge in [-0.1, -0.05) is 29.8 Å². The number of rotatable bonds is 4. The molecule has 2 rings (SSSR count). The smallest absolute Gasteiger partial charge is 0.313 e. The predicted molar refractivity (Wildman–Crippen MR) is 69.7 cm³/mol. The summed E-state index contributed by atoms with van der Waals surface area (Å²) in [6.45, 7) is 0. The summed E-state index contributed by atoms with van der Waals surface area (Å²) < 4.78 is 27.3. The molecule has 20 heavy (non-hydrogen) atoms. The van der Waals surface area contributed by atoms with Crippen LogP contribution in [0.25, 0.3) is 0 Å². The predicted octanol–water partition coefficient (Wildman–Crippen LogP) is 3.42. The van der Waals surface area contributed by atoms with Gasteiger partial charge < -0.3 is 5.11 Å². The van der Waals surface area contributed by atoms with E-state index in [0.29, 0.717) is 0 Å². The Labute approximate surface area is 118 Å². The van der Waals surface area contributed by atoms with Gasteiger partial charge in [0, 0.05) is 6.20 Å². The fraction of sp³-hybridized carbons (Fsp3) is 0.143. The molecule has 0 aliphatic carbocycles. The van der Waals surface area contributed by atoms with Crippen LogP contribution in [0, 0.1) is 11.6 Å². The van der Waals surface area contributed by atoms with E-state index in [-0.39, 0.29) is 22.7 Å². The van der Waals surface area contributed by atoms with Crippen LogP contribution >= 0.6 is 11.6 Å². The average Bonchev–Trinajstić information content (AvgIpc) is 2.38. The second-order valence-corrected chi connectivity index (χ2v) is 4.64. The number of nitrogens with zero attached hydrogens (tertiary/aromatic N) is 1. The molecule has 1 heterocycles. The van der Waals surface area contributed by atoms with E-state index >= 15 is 0 Å². The molecule has 1 aromatic carbocycles. The molecule has 3 nitrogen and oxygen atoms in total. The maximum atomic E-state index is 13.8. The largest absolute Gasteiger partial charge is 0.481 e. The number of hydrogen-bond acceptors (Lipinski definition) is 2. The van der Waals surface area contributed by atoms with E-state index in [1.54, 1.807) is 6.07 Å². The highest BCUT2D eigenvalue weighted by atomic mass is 35.5. The molecule has 0 amide bonds. The van der Waals surface area contributed by atoms with Crippen molar-refractivity contribution in [3.63, 3.8) is 0 Å². The minimum absolute atomic E-state index is 0.0706. The van der Waals surface area contributed by atoms with Crippen LogP contribution < -0.4 is 0 Å². The number of aliphatic carboxylic acids is 1. The number of carboxylic acid groups (broad SMARTS) is 1. The van der Waals surface area contributed by atoms with Crippen molar-refractivity contribution >= 4 is 17.6 Å². The molecule has 1 N–H and O–H groups in total. The molecule has 0 radical (unpaired) electrons. The number of aromatic nitrogens is 1. The number of benzene rings is 1. The Balaban J connectivity index is 2.37.